The number of pyridine rings is 1. The van der Waals surface area contributed by atoms with Crippen LogP contribution in [0.4, 0.5) is 0 Å². The molecule has 5 nitrogen and oxygen atoms in total. The zero-order valence-corrected chi connectivity index (χ0v) is 22.0. The molecule has 0 bridgehead atoms. The molecule has 0 spiro atoms. The van der Waals surface area contributed by atoms with Crippen molar-refractivity contribution in [3.63, 3.8) is 0 Å². The Morgan fingerprint density at radius 1 is 1.22 bits per heavy atom. The summed E-state index contributed by atoms with van der Waals surface area (Å²) in [4.78, 5) is 7.14. The number of hydrogen-bond acceptors (Lipinski definition) is 5. The van der Waals surface area contributed by atoms with Crippen molar-refractivity contribution in [3.8, 4) is 5.75 Å². The van der Waals surface area contributed by atoms with Gasteiger partial charge in [0.05, 0.1) is 11.3 Å². The Morgan fingerprint density at radius 3 is 2.92 bits per heavy atom. The molecular formula is C30H36ClN3O2. The van der Waals surface area contributed by atoms with E-state index in [1.165, 1.54) is 12.0 Å². The SMILES string of the molecule is CC(C)(O)c1ccc2c(c1)/C(=C/CCN1CC[C@H](NCC3=CC=C(Cl)CC3)C1)c1cccnc1CO2. The quantitative estimate of drug-likeness (QED) is 0.518. The first-order valence-electron chi connectivity index (χ1n) is 13.0. The number of nitrogens with zero attached hydrogens (tertiary/aromatic N) is 2. The maximum Gasteiger partial charge on any atom is 0.131 e. The molecule has 2 aromatic rings. The minimum atomic E-state index is -0.919. The van der Waals surface area contributed by atoms with Crippen molar-refractivity contribution < 1.29 is 9.84 Å². The van der Waals surface area contributed by atoms with Crippen LogP contribution >= 0.6 is 11.6 Å². The van der Waals surface area contributed by atoms with Crippen LogP contribution in [0.25, 0.3) is 5.57 Å². The van der Waals surface area contributed by atoms with Crippen LogP contribution in [-0.2, 0) is 12.2 Å². The normalized spacial score (nSPS) is 21.3. The molecule has 1 fully saturated rings. The maximum atomic E-state index is 10.6. The number of benzene rings is 1. The van der Waals surface area contributed by atoms with Crippen molar-refractivity contribution in [2.24, 2.45) is 0 Å². The fraction of sp³-hybridized carbons (Fsp3) is 0.433. The lowest BCUT2D eigenvalue weighted by molar-refractivity contribution is 0.0785. The van der Waals surface area contributed by atoms with Gasteiger partial charge in [-0.1, -0.05) is 41.5 Å². The molecule has 0 saturated carbocycles. The van der Waals surface area contributed by atoms with E-state index >= 15 is 0 Å². The van der Waals surface area contributed by atoms with Crippen molar-refractivity contribution in [1.29, 1.82) is 0 Å². The molecule has 0 radical (unpaired) electrons. The molecule has 5 rings (SSSR count). The van der Waals surface area contributed by atoms with E-state index in [0.717, 1.165) is 84.2 Å². The second-order valence-electron chi connectivity index (χ2n) is 10.6. The van der Waals surface area contributed by atoms with Gasteiger partial charge in [0.1, 0.15) is 12.4 Å². The van der Waals surface area contributed by atoms with E-state index < -0.39 is 5.60 Å². The summed E-state index contributed by atoms with van der Waals surface area (Å²) < 4.78 is 6.13. The van der Waals surface area contributed by atoms with Crippen molar-refractivity contribution in [2.45, 2.75) is 57.8 Å². The van der Waals surface area contributed by atoms with Gasteiger partial charge in [0.25, 0.3) is 0 Å². The topological polar surface area (TPSA) is 57.6 Å². The van der Waals surface area contributed by atoms with Gasteiger partial charge in [0.2, 0.25) is 0 Å². The van der Waals surface area contributed by atoms with Gasteiger partial charge in [-0.05, 0) is 81.5 Å². The van der Waals surface area contributed by atoms with Crippen molar-refractivity contribution in [2.75, 3.05) is 26.2 Å². The number of ether oxygens (including phenoxy) is 1. The summed E-state index contributed by atoms with van der Waals surface area (Å²) in [7, 11) is 0. The van der Waals surface area contributed by atoms with Crippen LogP contribution in [-0.4, -0.2) is 47.2 Å². The number of allylic oxidation sites excluding steroid dienone is 3. The molecule has 1 aromatic carbocycles. The summed E-state index contributed by atoms with van der Waals surface area (Å²) in [5.41, 5.74) is 5.62. The minimum Gasteiger partial charge on any atom is -0.487 e. The van der Waals surface area contributed by atoms with Crippen molar-refractivity contribution in [3.05, 3.63) is 87.7 Å². The van der Waals surface area contributed by atoms with Gasteiger partial charge in [0, 0.05) is 48.0 Å². The number of likely N-dealkylation sites (tertiary alicyclic amines) is 1. The summed E-state index contributed by atoms with van der Waals surface area (Å²) in [6.07, 6.45) is 12.5. The number of aromatic nitrogens is 1. The lowest BCUT2D eigenvalue weighted by Crippen LogP contribution is -2.34. The molecule has 6 heteroatoms. The molecule has 190 valence electrons. The fourth-order valence-corrected chi connectivity index (χ4v) is 5.39. The van der Waals surface area contributed by atoms with Crippen LogP contribution in [0.1, 0.15) is 61.9 Å². The first kappa shape index (κ1) is 25.2. The fourth-order valence-electron chi connectivity index (χ4n) is 5.23. The summed E-state index contributed by atoms with van der Waals surface area (Å²) in [5, 5.41) is 15.3. The highest BCUT2D eigenvalue weighted by atomic mass is 35.5. The molecule has 1 saturated heterocycles. The summed E-state index contributed by atoms with van der Waals surface area (Å²) in [6.45, 7) is 8.24. The van der Waals surface area contributed by atoms with Crippen LogP contribution in [0.3, 0.4) is 0 Å². The molecule has 1 aromatic heterocycles. The lowest BCUT2D eigenvalue weighted by atomic mass is 9.90. The predicted octanol–water partition coefficient (Wildman–Crippen LogP) is 5.53. The third-order valence-corrected chi connectivity index (χ3v) is 7.70. The van der Waals surface area contributed by atoms with Gasteiger partial charge in [-0.15, -0.1) is 0 Å². The number of fused-ring (bicyclic) bond motifs is 2. The zero-order valence-electron chi connectivity index (χ0n) is 21.3. The number of rotatable bonds is 7. The third-order valence-electron chi connectivity index (χ3n) is 7.39. The van der Waals surface area contributed by atoms with Crippen molar-refractivity contribution >= 4 is 17.2 Å². The van der Waals surface area contributed by atoms with Gasteiger partial charge >= 0.3 is 0 Å². The molecule has 1 atom stereocenters. The average Bonchev–Trinajstić information content (AvgIpc) is 3.26. The molecule has 0 amide bonds. The second kappa shape index (κ2) is 10.9. The molecule has 2 aliphatic heterocycles. The Labute approximate surface area is 219 Å². The van der Waals surface area contributed by atoms with E-state index in [9.17, 15) is 5.11 Å². The van der Waals surface area contributed by atoms with E-state index in [1.807, 2.05) is 44.3 Å². The van der Waals surface area contributed by atoms with Gasteiger partial charge in [-0.3, -0.25) is 4.98 Å². The smallest absolute Gasteiger partial charge is 0.131 e. The van der Waals surface area contributed by atoms with E-state index in [1.54, 1.807) is 0 Å². The standard InChI is InChI=1S/C30H36ClN3O2/c1-30(2,35)22-9-12-29-27(17-22)25(26-5-3-14-32-28(26)20-36-29)6-4-15-34-16-13-24(19-34)33-18-21-7-10-23(31)11-8-21/h3,5-7,9-10,12,14,17,24,33,35H,4,8,11,13,15-16,18-20H2,1-2H3/b25-6+/t24-/m0/s1. The Hall–Kier alpha value is -2.44. The van der Waals surface area contributed by atoms with Gasteiger partial charge in [-0.25, -0.2) is 0 Å². The Bertz CT molecular complexity index is 1190. The summed E-state index contributed by atoms with van der Waals surface area (Å²) >= 11 is 6.09. The van der Waals surface area contributed by atoms with Crippen molar-refractivity contribution in [1.82, 2.24) is 15.2 Å². The monoisotopic (exact) mass is 505 g/mol. The first-order valence-corrected chi connectivity index (χ1v) is 13.4. The Morgan fingerprint density at radius 2 is 2.11 bits per heavy atom. The van der Waals surface area contributed by atoms with Crippen LogP contribution in [0.15, 0.2) is 65.4 Å². The van der Waals surface area contributed by atoms with E-state index in [0.29, 0.717) is 12.6 Å². The molecular weight excluding hydrogens is 470 g/mol. The largest absolute Gasteiger partial charge is 0.487 e. The minimum absolute atomic E-state index is 0.445. The third kappa shape index (κ3) is 5.92. The molecule has 36 heavy (non-hydrogen) atoms. The van der Waals surface area contributed by atoms with Gasteiger partial charge < -0.3 is 20.1 Å². The Kier molecular flexibility index (Phi) is 7.63. The predicted molar refractivity (Wildman–Crippen MR) is 146 cm³/mol. The van der Waals surface area contributed by atoms with Gasteiger partial charge in [0.15, 0.2) is 0 Å². The number of nitrogens with one attached hydrogen (secondary N) is 1. The highest BCUT2D eigenvalue weighted by molar-refractivity contribution is 6.29. The lowest BCUT2D eigenvalue weighted by Gasteiger charge is -2.21. The molecule has 2 N–H and O–H groups in total. The van der Waals surface area contributed by atoms with E-state index in [-0.39, 0.29) is 0 Å². The maximum absolute atomic E-state index is 10.6. The molecule has 3 aliphatic rings. The van der Waals surface area contributed by atoms with Gasteiger partial charge in [-0.2, -0.15) is 0 Å². The van der Waals surface area contributed by atoms with Crippen LogP contribution in [0, 0.1) is 0 Å². The van der Waals surface area contributed by atoms with Crippen LogP contribution < -0.4 is 10.1 Å². The van der Waals surface area contributed by atoms with Crippen LogP contribution in [0.2, 0.25) is 0 Å². The number of hydrogen-bond donors (Lipinski definition) is 2. The molecule has 0 unspecified atom stereocenters. The highest BCUT2D eigenvalue weighted by Crippen LogP contribution is 2.38. The summed E-state index contributed by atoms with van der Waals surface area (Å²) in [5.74, 6) is 0.839. The Balaban J connectivity index is 1.27. The van der Waals surface area contributed by atoms with E-state index in [4.69, 9.17) is 16.3 Å². The molecule has 1 aliphatic carbocycles. The number of halogens is 1. The van der Waals surface area contributed by atoms with Crippen LogP contribution in [0.5, 0.6) is 5.75 Å². The number of aliphatic hydroxyl groups is 1. The highest BCUT2D eigenvalue weighted by Gasteiger charge is 2.25. The zero-order chi connectivity index (χ0) is 25.1. The summed E-state index contributed by atoms with van der Waals surface area (Å²) in [6, 6.07) is 10.6. The average molecular weight is 506 g/mol. The second-order valence-corrected chi connectivity index (χ2v) is 11.1. The molecule has 3 heterocycles. The van der Waals surface area contributed by atoms with E-state index in [2.05, 4.69) is 39.5 Å². The first-order chi connectivity index (χ1) is 17.4.